The van der Waals surface area contributed by atoms with Crippen molar-refractivity contribution in [3.05, 3.63) is 0 Å². The smallest absolute Gasteiger partial charge is 0.323 e. The maximum absolute atomic E-state index is 10.6. The van der Waals surface area contributed by atoms with E-state index in [4.69, 9.17) is 0 Å². The lowest BCUT2D eigenvalue weighted by molar-refractivity contribution is -0.113. The summed E-state index contributed by atoms with van der Waals surface area (Å²) in [5.74, 6) is -0.561. The molecule has 0 spiro atoms. The number of hydrogen-bond acceptors (Lipinski definition) is 3. The molecule has 0 saturated heterocycles. The van der Waals surface area contributed by atoms with Gasteiger partial charge in [-0.05, 0) is 0 Å². The molecule has 1 N–H and O–H groups in total. The quantitative estimate of drug-likeness (QED) is 0.540. The van der Waals surface area contributed by atoms with Crippen molar-refractivity contribution in [2.45, 2.75) is 0 Å². The molecule has 0 aromatic carbocycles. The van der Waals surface area contributed by atoms with Crippen LogP contribution in [0.1, 0.15) is 0 Å². The Hall–Kier alpha value is -0.970. The molecule has 4 nitrogen and oxygen atoms in total. The Morgan fingerprint density at radius 2 is 2.00 bits per heavy atom. The van der Waals surface area contributed by atoms with E-state index in [1.165, 1.54) is 19.0 Å². The van der Waals surface area contributed by atoms with Crippen molar-refractivity contribution in [2.24, 2.45) is 0 Å². The van der Waals surface area contributed by atoms with Crippen molar-refractivity contribution >= 4 is 29.5 Å². The van der Waals surface area contributed by atoms with Gasteiger partial charge in [0.15, 0.2) is 0 Å². The van der Waals surface area contributed by atoms with Crippen LogP contribution >= 0.6 is 12.2 Å². The summed E-state index contributed by atoms with van der Waals surface area (Å²) in [5.41, 5.74) is 0. The van der Waals surface area contributed by atoms with E-state index in [0.29, 0.717) is 0 Å². The molecule has 0 fully saturated rings. The van der Waals surface area contributed by atoms with Crippen LogP contribution in [0.25, 0.3) is 0 Å². The topological polar surface area (TPSA) is 49.4 Å². The molecule has 0 atom stereocenters. The van der Waals surface area contributed by atoms with Crippen LogP contribution in [0.5, 0.6) is 0 Å². The van der Waals surface area contributed by atoms with Gasteiger partial charge >= 0.3 is 6.03 Å². The maximum atomic E-state index is 10.6. The van der Waals surface area contributed by atoms with Gasteiger partial charge in [0, 0.05) is 14.1 Å². The SMILES string of the molecule is CN(C)C(=O)NC(=O)C=S. The number of carbonyl (C=O) groups is 2. The first kappa shape index (κ1) is 9.03. The Balaban J connectivity index is 3.80. The minimum Gasteiger partial charge on any atom is -0.331 e. The second-order valence-electron chi connectivity index (χ2n) is 1.81. The molecule has 0 radical (unpaired) electrons. The highest BCUT2D eigenvalue weighted by Crippen LogP contribution is 1.74. The van der Waals surface area contributed by atoms with Crippen molar-refractivity contribution in [3.8, 4) is 0 Å². The van der Waals surface area contributed by atoms with Gasteiger partial charge < -0.3 is 4.90 Å². The fourth-order valence-corrected chi connectivity index (χ4v) is 0.306. The number of nitrogens with zero attached hydrogens (tertiary/aromatic N) is 1. The molecule has 10 heavy (non-hydrogen) atoms. The highest BCUT2D eigenvalue weighted by molar-refractivity contribution is 7.80. The van der Waals surface area contributed by atoms with Crippen molar-refractivity contribution in [2.75, 3.05) is 14.1 Å². The number of rotatable bonds is 1. The van der Waals surface area contributed by atoms with Gasteiger partial charge in [-0.15, -0.1) is 0 Å². The summed E-state index contributed by atoms with van der Waals surface area (Å²) in [6.45, 7) is 0. The lowest BCUT2D eigenvalue weighted by Crippen LogP contribution is -2.38. The van der Waals surface area contributed by atoms with Gasteiger partial charge in [-0.25, -0.2) is 4.79 Å². The fraction of sp³-hybridized carbons (Fsp3) is 0.400. The third-order valence-corrected chi connectivity index (χ3v) is 0.957. The molecule has 0 unspecified atom stereocenters. The number of hydrogen-bond donors (Lipinski definition) is 1. The second kappa shape index (κ2) is 3.94. The monoisotopic (exact) mass is 160 g/mol. The van der Waals surface area contributed by atoms with Gasteiger partial charge in [-0.3, -0.25) is 10.1 Å². The predicted molar refractivity (Wildman–Crippen MR) is 40.9 cm³/mol. The van der Waals surface area contributed by atoms with Crippen LogP contribution in [0, 0.1) is 0 Å². The summed E-state index contributed by atoms with van der Waals surface area (Å²) < 4.78 is 0. The standard InChI is InChI=1S/C5H8N2O2S/c1-7(2)5(9)6-4(8)3-10/h3H,1-2H3,(H,6,8,9). The lowest BCUT2D eigenvalue weighted by atomic mass is 10.7. The van der Waals surface area contributed by atoms with Crippen LogP contribution < -0.4 is 5.32 Å². The van der Waals surface area contributed by atoms with Crippen LogP contribution in [-0.4, -0.2) is 36.3 Å². The lowest BCUT2D eigenvalue weighted by Gasteiger charge is -2.08. The Kier molecular flexibility index (Phi) is 3.56. The molecule has 0 rings (SSSR count). The summed E-state index contributed by atoms with van der Waals surface area (Å²) in [6.07, 6.45) is 0. The molecule has 0 aliphatic rings. The zero-order valence-corrected chi connectivity index (χ0v) is 6.57. The summed E-state index contributed by atoms with van der Waals surface area (Å²) in [7, 11) is 3.07. The van der Waals surface area contributed by atoms with Crippen molar-refractivity contribution < 1.29 is 9.59 Å². The number of imide groups is 1. The molecule has 3 amide bonds. The molecule has 0 aromatic rings. The van der Waals surface area contributed by atoms with Crippen LogP contribution in [0.15, 0.2) is 0 Å². The molecular weight excluding hydrogens is 152 g/mol. The molecule has 0 aliphatic carbocycles. The minimum atomic E-state index is -0.561. The van der Waals surface area contributed by atoms with Gasteiger partial charge in [0.25, 0.3) is 5.91 Å². The maximum Gasteiger partial charge on any atom is 0.323 e. The molecule has 5 heteroatoms. The van der Waals surface area contributed by atoms with Crippen molar-refractivity contribution in [1.82, 2.24) is 10.2 Å². The van der Waals surface area contributed by atoms with Crippen molar-refractivity contribution in [1.29, 1.82) is 0 Å². The zero-order chi connectivity index (χ0) is 8.15. The van der Waals surface area contributed by atoms with Gasteiger partial charge in [-0.1, -0.05) is 12.2 Å². The number of thiocarbonyl (C=S) groups is 1. The van der Waals surface area contributed by atoms with E-state index in [9.17, 15) is 9.59 Å². The average Bonchev–Trinajstić information content (AvgIpc) is 1.87. The van der Waals surface area contributed by atoms with Crippen LogP contribution in [0.4, 0.5) is 4.79 Å². The van der Waals surface area contributed by atoms with Gasteiger partial charge in [0.2, 0.25) is 0 Å². The number of amides is 3. The van der Waals surface area contributed by atoms with E-state index in [2.05, 4.69) is 12.2 Å². The Bertz CT molecular complexity index is 167. The summed E-state index contributed by atoms with van der Waals surface area (Å²) in [6, 6.07) is -0.467. The van der Waals surface area contributed by atoms with E-state index < -0.39 is 11.9 Å². The summed E-state index contributed by atoms with van der Waals surface area (Å²) in [5, 5.41) is 2.89. The third kappa shape index (κ3) is 3.13. The van der Waals surface area contributed by atoms with Crippen LogP contribution in [0.2, 0.25) is 0 Å². The van der Waals surface area contributed by atoms with E-state index in [0.717, 1.165) is 5.37 Å². The molecule has 0 saturated carbocycles. The molecular formula is C5H8N2O2S. The predicted octanol–water partition coefficient (Wildman–Crippen LogP) is -0.216. The molecule has 0 aromatic heterocycles. The van der Waals surface area contributed by atoms with E-state index in [-0.39, 0.29) is 0 Å². The van der Waals surface area contributed by atoms with E-state index >= 15 is 0 Å². The van der Waals surface area contributed by atoms with Crippen LogP contribution in [0.3, 0.4) is 0 Å². The highest BCUT2D eigenvalue weighted by Gasteiger charge is 2.04. The Morgan fingerprint density at radius 3 is 2.30 bits per heavy atom. The molecule has 0 heterocycles. The molecule has 56 valence electrons. The van der Waals surface area contributed by atoms with E-state index in [1.807, 2.05) is 5.32 Å². The third-order valence-electron chi connectivity index (χ3n) is 0.743. The van der Waals surface area contributed by atoms with Crippen molar-refractivity contribution in [3.63, 3.8) is 0 Å². The second-order valence-corrected chi connectivity index (χ2v) is 2.04. The number of carbonyl (C=O) groups excluding carboxylic acids is 2. The van der Waals surface area contributed by atoms with Gasteiger partial charge in [-0.2, -0.15) is 0 Å². The minimum absolute atomic E-state index is 0.467. The fourth-order valence-electron chi connectivity index (χ4n) is 0.247. The van der Waals surface area contributed by atoms with Gasteiger partial charge in [0.1, 0.15) is 0 Å². The normalized spacial score (nSPS) is 8.20. The number of urea groups is 1. The average molecular weight is 160 g/mol. The summed E-state index contributed by atoms with van der Waals surface area (Å²) in [4.78, 5) is 22.3. The van der Waals surface area contributed by atoms with Gasteiger partial charge in [0.05, 0.1) is 5.37 Å². The first-order valence-corrected chi connectivity index (χ1v) is 3.02. The summed E-state index contributed by atoms with van der Waals surface area (Å²) >= 11 is 4.27. The first-order chi connectivity index (χ1) is 4.57. The largest absolute Gasteiger partial charge is 0.331 e. The highest BCUT2D eigenvalue weighted by atomic mass is 32.1. The zero-order valence-electron chi connectivity index (χ0n) is 5.75. The van der Waals surface area contributed by atoms with E-state index in [1.54, 1.807) is 0 Å². The first-order valence-electron chi connectivity index (χ1n) is 2.55. The Morgan fingerprint density at radius 1 is 1.50 bits per heavy atom. The van der Waals surface area contributed by atoms with Crippen LogP contribution in [-0.2, 0) is 4.79 Å². The number of nitrogens with one attached hydrogen (secondary N) is 1. The Labute approximate surface area is 64.2 Å². The molecule has 0 aliphatic heterocycles. The molecule has 0 bridgehead atoms.